The molecule has 7 heteroatoms. The van der Waals surface area contributed by atoms with Crippen molar-refractivity contribution >= 4 is 11.8 Å². The zero-order valence-electron chi connectivity index (χ0n) is 8.43. The predicted molar refractivity (Wildman–Crippen MR) is 57.0 cm³/mol. The molecular formula is C8H14N4O2S. The molecule has 1 aromatic heterocycles. The molecule has 84 valence electrons. The second kappa shape index (κ2) is 4.38. The third kappa shape index (κ3) is 2.09. The Morgan fingerprint density at radius 1 is 1.67 bits per heavy atom. The van der Waals surface area contributed by atoms with E-state index in [1.54, 1.807) is 4.57 Å². The number of aliphatic hydroxyl groups excluding tert-OH is 1. The number of hydrogen-bond donors (Lipinski definition) is 3. The fraction of sp³-hybridized carbons (Fsp3) is 0.750. The Hall–Kier alpha value is -0.790. The first-order chi connectivity index (χ1) is 7.22. The fourth-order valence-corrected chi connectivity index (χ4v) is 2.73. The number of aromatic amines is 1. The van der Waals surface area contributed by atoms with Crippen LogP contribution < -0.4 is 11.0 Å². The van der Waals surface area contributed by atoms with Crippen LogP contribution in [0.25, 0.3) is 0 Å². The molecule has 0 saturated carbocycles. The van der Waals surface area contributed by atoms with Crippen molar-refractivity contribution in [1.29, 1.82) is 0 Å². The summed E-state index contributed by atoms with van der Waals surface area (Å²) >= 11 is 1.44. The molecule has 0 radical (unpaired) electrons. The molecule has 2 atom stereocenters. The normalized spacial score (nSPS) is 26.0. The van der Waals surface area contributed by atoms with Gasteiger partial charge in [-0.25, -0.2) is 9.89 Å². The van der Waals surface area contributed by atoms with Crippen molar-refractivity contribution in [3.05, 3.63) is 10.5 Å². The van der Waals surface area contributed by atoms with Crippen LogP contribution in [0, 0.1) is 0 Å². The summed E-state index contributed by atoms with van der Waals surface area (Å²) < 4.78 is 1.57. The van der Waals surface area contributed by atoms with E-state index in [1.165, 1.54) is 11.8 Å². The first kappa shape index (κ1) is 10.7. The van der Waals surface area contributed by atoms with Crippen LogP contribution >= 0.6 is 11.8 Å². The van der Waals surface area contributed by atoms with Gasteiger partial charge in [-0.05, 0) is 6.92 Å². The van der Waals surface area contributed by atoms with E-state index < -0.39 is 0 Å². The lowest BCUT2D eigenvalue weighted by Gasteiger charge is -2.11. The van der Waals surface area contributed by atoms with E-state index in [2.05, 4.69) is 15.5 Å². The molecule has 0 amide bonds. The molecule has 3 N–H and O–H groups in total. The summed E-state index contributed by atoms with van der Waals surface area (Å²) in [5.41, 5.74) is -0.194. The van der Waals surface area contributed by atoms with Crippen molar-refractivity contribution in [3.8, 4) is 0 Å². The SMILES string of the molecule is CCn1c(SC2CNCC2O)n[nH]c1=O. The maximum absolute atomic E-state index is 11.3. The molecule has 2 heterocycles. The van der Waals surface area contributed by atoms with Crippen molar-refractivity contribution in [2.75, 3.05) is 13.1 Å². The van der Waals surface area contributed by atoms with Crippen LogP contribution in [0.4, 0.5) is 0 Å². The molecule has 1 aliphatic rings. The molecule has 6 nitrogen and oxygen atoms in total. The third-order valence-electron chi connectivity index (χ3n) is 2.42. The summed E-state index contributed by atoms with van der Waals surface area (Å²) in [4.78, 5) is 11.3. The minimum absolute atomic E-state index is 0.0745. The first-order valence-corrected chi connectivity index (χ1v) is 5.81. The van der Waals surface area contributed by atoms with E-state index in [4.69, 9.17) is 0 Å². The van der Waals surface area contributed by atoms with Gasteiger partial charge in [0.1, 0.15) is 0 Å². The largest absolute Gasteiger partial charge is 0.391 e. The molecule has 0 aliphatic carbocycles. The molecule has 1 fully saturated rings. The van der Waals surface area contributed by atoms with Gasteiger partial charge in [0.25, 0.3) is 0 Å². The van der Waals surface area contributed by atoms with Crippen molar-refractivity contribution in [3.63, 3.8) is 0 Å². The highest BCUT2D eigenvalue weighted by atomic mass is 32.2. The Balaban J connectivity index is 2.13. The average molecular weight is 230 g/mol. The van der Waals surface area contributed by atoms with Gasteiger partial charge in [-0.15, -0.1) is 5.10 Å². The number of aromatic nitrogens is 3. The Labute approximate surface area is 91.1 Å². The number of H-pyrrole nitrogens is 1. The number of nitrogens with zero attached hydrogens (tertiary/aromatic N) is 2. The van der Waals surface area contributed by atoms with Crippen LogP contribution in [0.5, 0.6) is 0 Å². The second-order valence-corrected chi connectivity index (χ2v) is 4.64. The molecule has 0 bridgehead atoms. The zero-order valence-corrected chi connectivity index (χ0v) is 9.25. The van der Waals surface area contributed by atoms with Gasteiger partial charge in [0.2, 0.25) is 0 Å². The third-order valence-corrected chi connectivity index (χ3v) is 3.73. The quantitative estimate of drug-likeness (QED) is 0.621. The van der Waals surface area contributed by atoms with Crippen molar-refractivity contribution in [2.24, 2.45) is 0 Å². The van der Waals surface area contributed by atoms with Crippen molar-refractivity contribution in [2.45, 2.75) is 30.0 Å². The fourth-order valence-electron chi connectivity index (χ4n) is 1.57. The minimum Gasteiger partial charge on any atom is -0.391 e. The summed E-state index contributed by atoms with van der Waals surface area (Å²) in [6.07, 6.45) is -0.368. The van der Waals surface area contributed by atoms with Crippen LogP contribution in [0.1, 0.15) is 6.92 Å². The molecule has 1 aromatic rings. The van der Waals surface area contributed by atoms with Gasteiger partial charge in [-0.2, -0.15) is 0 Å². The van der Waals surface area contributed by atoms with Crippen LogP contribution in [-0.4, -0.2) is 44.3 Å². The Morgan fingerprint density at radius 2 is 2.47 bits per heavy atom. The number of rotatable bonds is 3. The molecule has 2 unspecified atom stereocenters. The highest BCUT2D eigenvalue weighted by molar-refractivity contribution is 7.99. The number of thioether (sulfide) groups is 1. The summed E-state index contributed by atoms with van der Waals surface area (Å²) in [6, 6.07) is 0. The van der Waals surface area contributed by atoms with Gasteiger partial charge in [-0.3, -0.25) is 4.57 Å². The monoisotopic (exact) mass is 230 g/mol. The highest BCUT2D eigenvalue weighted by Crippen LogP contribution is 2.24. The topological polar surface area (TPSA) is 82.9 Å². The number of hydrogen-bond acceptors (Lipinski definition) is 5. The molecule has 2 rings (SSSR count). The van der Waals surface area contributed by atoms with Gasteiger partial charge in [-0.1, -0.05) is 11.8 Å². The average Bonchev–Trinajstić information content (AvgIpc) is 2.76. The van der Waals surface area contributed by atoms with Gasteiger partial charge in [0.05, 0.1) is 11.4 Å². The summed E-state index contributed by atoms with van der Waals surface area (Å²) in [7, 11) is 0. The first-order valence-electron chi connectivity index (χ1n) is 4.93. The van der Waals surface area contributed by atoms with Crippen LogP contribution in [0.3, 0.4) is 0 Å². The van der Waals surface area contributed by atoms with Gasteiger partial charge >= 0.3 is 5.69 Å². The van der Waals surface area contributed by atoms with E-state index in [-0.39, 0.29) is 17.0 Å². The van der Waals surface area contributed by atoms with Crippen LogP contribution in [-0.2, 0) is 6.54 Å². The Bertz CT molecular complexity index is 388. The lowest BCUT2D eigenvalue weighted by atomic mass is 10.3. The molecule has 1 aliphatic heterocycles. The molecule has 0 spiro atoms. The second-order valence-electron chi connectivity index (χ2n) is 3.44. The molecular weight excluding hydrogens is 216 g/mol. The van der Waals surface area contributed by atoms with E-state index in [0.717, 1.165) is 6.54 Å². The maximum Gasteiger partial charge on any atom is 0.343 e. The number of aliphatic hydroxyl groups is 1. The predicted octanol–water partition coefficient (Wildman–Crippen LogP) is -0.984. The summed E-state index contributed by atoms with van der Waals surface area (Å²) in [6.45, 7) is 3.84. The molecule has 0 aromatic carbocycles. The van der Waals surface area contributed by atoms with Crippen LogP contribution in [0.2, 0.25) is 0 Å². The highest BCUT2D eigenvalue weighted by Gasteiger charge is 2.27. The number of nitrogens with one attached hydrogen (secondary N) is 2. The van der Waals surface area contributed by atoms with Gasteiger partial charge < -0.3 is 10.4 Å². The van der Waals surface area contributed by atoms with E-state index in [0.29, 0.717) is 18.2 Å². The van der Waals surface area contributed by atoms with Crippen LogP contribution in [0.15, 0.2) is 9.95 Å². The maximum atomic E-state index is 11.3. The summed E-state index contributed by atoms with van der Waals surface area (Å²) in [5, 5.41) is 19.8. The zero-order chi connectivity index (χ0) is 10.8. The molecule has 15 heavy (non-hydrogen) atoms. The van der Waals surface area contributed by atoms with Gasteiger partial charge in [0, 0.05) is 19.6 Å². The Kier molecular flexibility index (Phi) is 3.13. The molecule has 1 saturated heterocycles. The number of β-amino-alcohol motifs (C(OH)–C–C–N with tert-alkyl or cyclic N) is 1. The van der Waals surface area contributed by atoms with Crippen molar-refractivity contribution in [1.82, 2.24) is 20.1 Å². The smallest absolute Gasteiger partial charge is 0.343 e. The minimum atomic E-state index is -0.368. The Morgan fingerprint density at radius 3 is 3.07 bits per heavy atom. The lowest BCUT2D eigenvalue weighted by Crippen LogP contribution is -2.22. The van der Waals surface area contributed by atoms with Gasteiger partial charge in [0.15, 0.2) is 5.16 Å². The standard InChI is InChI=1S/C8H14N4O2S/c1-2-12-7(14)10-11-8(12)15-6-4-9-3-5(6)13/h5-6,9,13H,2-4H2,1H3,(H,10,14). The van der Waals surface area contributed by atoms with E-state index in [1.807, 2.05) is 6.92 Å². The van der Waals surface area contributed by atoms with E-state index in [9.17, 15) is 9.90 Å². The summed E-state index contributed by atoms with van der Waals surface area (Å²) in [5.74, 6) is 0. The lowest BCUT2D eigenvalue weighted by molar-refractivity contribution is 0.201. The van der Waals surface area contributed by atoms with E-state index >= 15 is 0 Å². The van der Waals surface area contributed by atoms with Crippen molar-refractivity contribution < 1.29 is 5.11 Å².